The summed E-state index contributed by atoms with van der Waals surface area (Å²) < 4.78 is 4.23. The van der Waals surface area contributed by atoms with Gasteiger partial charge in [0.2, 0.25) is 5.13 Å². The van der Waals surface area contributed by atoms with Crippen LogP contribution >= 0.6 is 34.7 Å². The van der Waals surface area contributed by atoms with Crippen molar-refractivity contribution < 1.29 is 0 Å². The normalized spacial score (nSPS) is 10.5. The molecular formula is C12H7Cl2N5S. The molecule has 0 aliphatic carbocycles. The Kier molecular flexibility index (Phi) is 3.77. The molecule has 0 saturated carbocycles. The van der Waals surface area contributed by atoms with Gasteiger partial charge >= 0.3 is 0 Å². The predicted octanol–water partition coefficient (Wildman–Crippen LogP) is 4.05. The second-order valence-electron chi connectivity index (χ2n) is 3.76. The number of hydrogen-bond donors (Lipinski definition) is 1. The first-order chi connectivity index (χ1) is 9.72. The molecule has 0 fully saturated rings. The van der Waals surface area contributed by atoms with Crippen molar-refractivity contribution >= 4 is 45.6 Å². The lowest BCUT2D eigenvalue weighted by Gasteiger charge is -2.04. The number of nitrogens with one attached hydrogen (secondary N) is 1. The average molecular weight is 324 g/mol. The van der Waals surface area contributed by atoms with Gasteiger partial charge in [-0.05, 0) is 18.2 Å². The molecule has 0 saturated heterocycles. The number of nitrogens with zero attached hydrogens (tertiary/aromatic N) is 4. The molecule has 5 nitrogen and oxygen atoms in total. The molecule has 8 heteroatoms. The fourth-order valence-electron chi connectivity index (χ4n) is 1.50. The van der Waals surface area contributed by atoms with Gasteiger partial charge in [0.05, 0.1) is 16.9 Å². The van der Waals surface area contributed by atoms with Gasteiger partial charge in [-0.15, -0.1) is 0 Å². The third-order valence-corrected chi connectivity index (χ3v) is 3.57. The van der Waals surface area contributed by atoms with E-state index in [4.69, 9.17) is 23.2 Å². The summed E-state index contributed by atoms with van der Waals surface area (Å²) in [6.07, 6.45) is 4.81. The highest BCUT2D eigenvalue weighted by Gasteiger charge is 2.09. The van der Waals surface area contributed by atoms with Gasteiger partial charge in [-0.1, -0.05) is 23.2 Å². The molecule has 0 aliphatic heterocycles. The van der Waals surface area contributed by atoms with Crippen molar-refractivity contribution in [2.24, 2.45) is 0 Å². The van der Waals surface area contributed by atoms with Crippen molar-refractivity contribution in [3.8, 4) is 11.5 Å². The van der Waals surface area contributed by atoms with E-state index in [0.717, 1.165) is 5.69 Å². The first-order valence-corrected chi connectivity index (χ1v) is 7.07. The lowest BCUT2D eigenvalue weighted by molar-refractivity contribution is 1.16. The van der Waals surface area contributed by atoms with Crippen molar-refractivity contribution in [2.45, 2.75) is 0 Å². The van der Waals surface area contributed by atoms with Crippen LogP contribution in [-0.4, -0.2) is 19.3 Å². The summed E-state index contributed by atoms with van der Waals surface area (Å²) in [5.41, 5.74) is 1.34. The molecule has 0 amide bonds. The summed E-state index contributed by atoms with van der Waals surface area (Å²) in [6.45, 7) is 0. The van der Waals surface area contributed by atoms with Crippen LogP contribution in [0.1, 0.15) is 0 Å². The van der Waals surface area contributed by atoms with Crippen molar-refractivity contribution in [1.29, 1.82) is 0 Å². The zero-order valence-electron chi connectivity index (χ0n) is 9.92. The molecule has 1 aromatic carbocycles. The molecule has 0 radical (unpaired) electrons. The molecule has 2 aromatic heterocycles. The maximum atomic E-state index is 6.09. The Hall–Kier alpha value is -1.76. The summed E-state index contributed by atoms with van der Waals surface area (Å²) in [4.78, 5) is 12.5. The first-order valence-electron chi connectivity index (χ1n) is 5.54. The van der Waals surface area contributed by atoms with E-state index in [1.807, 2.05) is 0 Å². The minimum atomic E-state index is 0.522. The molecule has 0 atom stereocenters. The van der Waals surface area contributed by atoms with Gasteiger partial charge in [0.25, 0.3) is 0 Å². The van der Waals surface area contributed by atoms with Crippen LogP contribution in [0.4, 0.5) is 10.8 Å². The van der Waals surface area contributed by atoms with E-state index in [1.54, 1.807) is 36.8 Å². The predicted molar refractivity (Wildman–Crippen MR) is 80.7 cm³/mol. The van der Waals surface area contributed by atoms with E-state index in [-0.39, 0.29) is 0 Å². The molecule has 0 unspecified atom stereocenters. The maximum Gasteiger partial charge on any atom is 0.207 e. The molecule has 0 bridgehead atoms. The van der Waals surface area contributed by atoms with Crippen LogP contribution in [-0.2, 0) is 0 Å². The van der Waals surface area contributed by atoms with Crippen LogP contribution in [0, 0.1) is 0 Å². The summed E-state index contributed by atoms with van der Waals surface area (Å²) in [7, 11) is 0. The summed E-state index contributed by atoms with van der Waals surface area (Å²) in [5, 5.41) is 4.82. The highest BCUT2D eigenvalue weighted by atomic mass is 35.5. The van der Waals surface area contributed by atoms with Crippen molar-refractivity contribution in [1.82, 2.24) is 19.3 Å². The Morgan fingerprint density at radius 1 is 1.15 bits per heavy atom. The van der Waals surface area contributed by atoms with Crippen molar-refractivity contribution in [2.75, 3.05) is 5.32 Å². The second kappa shape index (κ2) is 5.70. The standard InChI is InChI=1S/C12H7Cl2N5S/c13-7-1-2-9(8(14)5-7)17-12-18-11(19-20-12)10-6-15-3-4-16-10/h1-6H,(H,17,18,19). The Morgan fingerprint density at radius 2 is 2.05 bits per heavy atom. The van der Waals surface area contributed by atoms with E-state index in [2.05, 4.69) is 24.6 Å². The quantitative estimate of drug-likeness (QED) is 0.787. The first kappa shape index (κ1) is 13.2. The summed E-state index contributed by atoms with van der Waals surface area (Å²) in [5.74, 6) is 0.524. The van der Waals surface area contributed by atoms with Crippen molar-refractivity contribution in [3.05, 3.63) is 46.8 Å². The number of rotatable bonds is 3. The molecule has 2 heterocycles. The minimum Gasteiger partial charge on any atom is -0.329 e. The van der Waals surface area contributed by atoms with Gasteiger partial charge < -0.3 is 5.32 Å². The zero-order chi connectivity index (χ0) is 13.9. The van der Waals surface area contributed by atoms with Crippen LogP contribution in [0.25, 0.3) is 11.5 Å². The Labute approximate surface area is 128 Å². The maximum absolute atomic E-state index is 6.09. The third-order valence-electron chi connectivity index (χ3n) is 2.39. The van der Waals surface area contributed by atoms with Crippen LogP contribution in [0.15, 0.2) is 36.8 Å². The van der Waals surface area contributed by atoms with Gasteiger partial charge in [-0.3, -0.25) is 4.98 Å². The third kappa shape index (κ3) is 2.87. The lowest BCUT2D eigenvalue weighted by Crippen LogP contribution is -1.91. The van der Waals surface area contributed by atoms with Crippen molar-refractivity contribution in [3.63, 3.8) is 0 Å². The summed E-state index contributed by atoms with van der Waals surface area (Å²) in [6, 6.07) is 5.20. The van der Waals surface area contributed by atoms with E-state index in [1.165, 1.54) is 11.5 Å². The second-order valence-corrected chi connectivity index (χ2v) is 5.36. The molecule has 100 valence electrons. The largest absolute Gasteiger partial charge is 0.329 e. The van der Waals surface area contributed by atoms with Gasteiger partial charge in [-0.2, -0.15) is 9.36 Å². The smallest absolute Gasteiger partial charge is 0.207 e. The lowest BCUT2D eigenvalue weighted by atomic mass is 10.3. The number of halogens is 2. The minimum absolute atomic E-state index is 0.522. The van der Waals surface area contributed by atoms with Gasteiger partial charge in [0, 0.05) is 28.9 Å². The molecular weight excluding hydrogens is 317 g/mol. The van der Waals surface area contributed by atoms with Gasteiger partial charge in [-0.25, -0.2) is 4.98 Å². The number of benzene rings is 1. The SMILES string of the molecule is Clc1ccc(Nc2nc(-c3cnccn3)ns2)c(Cl)c1. The molecule has 1 N–H and O–H groups in total. The van der Waals surface area contributed by atoms with E-state index >= 15 is 0 Å². The highest BCUT2D eigenvalue weighted by Crippen LogP contribution is 2.29. The van der Waals surface area contributed by atoms with Gasteiger partial charge in [0.1, 0.15) is 5.69 Å². The Bertz CT molecular complexity index is 732. The van der Waals surface area contributed by atoms with E-state index < -0.39 is 0 Å². The molecule has 20 heavy (non-hydrogen) atoms. The summed E-state index contributed by atoms with van der Waals surface area (Å²) >= 11 is 13.2. The van der Waals surface area contributed by atoms with E-state index in [9.17, 15) is 0 Å². The van der Waals surface area contributed by atoms with Gasteiger partial charge in [0.15, 0.2) is 5.82 Å². The zero-order valence-corrected chi connectivity index (χ0v) is 12.2. The van der Waals surface area contributed by atoms with Crippen LogP contribution < -0.4 is 5.32 Å². The molecule has 3 aromatic rings. The fraction of sp³-hybridized carbons (Fsp3) is 0. The molecule has 0 spiro atoms. The number of hydrogen-bond acceptors (Lipinski definition) is 6. The van der Waals surface area contributed by atoms with Crippen LogP contribution in [0.5, 0.6) is 0 Å². The highest BCUT2D eigenvalue weighted by molar-refractivity contribution is 7.10. The number of anilines is 2. The molecule has 0 aliphatic rings. The number of aromatic nitrogens is 4. The topological polar surface area (TPSA) is 63.6 Å². The van der Waals surface area contributed by atoms with Crippen LogP contribution in [0.2, 0.25) is 10.0 Å². The average Bonchev–Trinajstić information content (AvgIpc) is 2.92. The fourth-order valence-corrected chi connectivity index (χ4v) is 2.54. The van der Waals surface area contributed by atoms with E-state index in [0.29, 0.717) is 26.7 Å². The Balaban J connectivity index is 1.84. The van der Waals surface area contributed by atoms with Crippen LogP contribution in [0.3, 0.4) is 0 Å². The Morgan fingerprint density at radius 3 is 2.80 bits per heavy atom. The molecule has 3 rings (SSSR count). The monoisotopic (exact) mass is 323 g/mol.